The van der Waals surface area contributed by atoms with Gasteiger partial charge < -0.3 is 9.47 Å². The van der Waals surface area contributed by atoms with Gasteiger partial charge in [-0.1, -0.05) is 24.3 Å². The van der Waals surface area contributed by atoms with Crippen molar-refractivity contribution in [1.29, 1.82) is 0 Å². The maximum absolute atomic E-state index is 7.71. The van der Waals surface area contributed by atoms with E-state index in [4.69, 9.17) is 12.2 Å². The zero-order chi connectivity index (χ0) is 12.5. The SMILES string of the molecule is [2H]/C(C/C=C/C)=C(\[2H])CCOC1CCCCO1. The first-order chi connectivity index (χ1) is 8.24. The molecule has 2 nitrogen and oxygen atoms in total. The van der Waals surface area contributed by atoms with E-state index in [2.05, 4.69) is 0 Å². The molecule has 86 valence electrons. The first-order valence-electron chi connectivity index (χ1n) is 6.73. The van der Waals surface area contributed by atoms with E-state index >= 15 is 0 Å². The fourth-order valence-electron chi connectivity index (χ4n) is 1.42. The molecule has 1 atom stereocenters. The second-order valence-corrected chi connectivity index (χ2v) is 3.54. The number of hydrogen-bond acceptors (Lipinski definition) is 2. The fraction of sp³-hybridized carbons (Fsp3) is 0.692. The van der Waals surface area contributed by atoms with Crippen LogP contribution in [0.15, 0.2) is 24.3 Å². The minimum Gasteiger partial charge on any atom is -0.353 e. The molecular weight excluding hydrogens is 188 g/mol. The van der Waals surface area contributed by atoms with E-state index in [1.807, 2.05) is 19.1 Å². The summed E-state index contributed by atoms with van der Waals surface area (Å²) in [5.74, 6) is 0. The monoisotopic (exact) mass is 212 g/mol. The smallest absolute Gasteiger partial charge is 0.157 e. The van der Waals surface area contributed by atoms with Gasteiger partial charge in [0.25, 0.3) is 0 Å². The van der Waals surface area contributed by atoms with Crippen molar-refractivity contribution in [2.75, 3.05) is 13.2 Å². The van der Waals surface area contributed by atoms with Gasteiger partial charge in [0.2, 0.25) is 0 Å². The van der Waals surface area contributed by atoms with Crippen LogP contribution >= 0.6 is 0 Å². The van der Waals surface area contributed by atoms with E-state index in [0.717, 1.165) is 25.9 Å². The Morgan fingerprint density at radius 1 is 1.47 bits per heavy atom. The third-order valence-electron chi connectivity index (χ3n) is 2.25. The molecule has 1 aliphatic rings. The Kier molecular flexibility index (Phi) is 5.57. The molecule has 1 saturated heterocycles. The van der Waals surface area contributed by atoms with Crippen molar-refractivity contribution in [1.82, 2.24) is 0 Å². The zero-order valence-corrected chi connectivity index (χ0v) is 9.50. The van der Waals surface area contributed by atoms with Crippen molar-refractivity contribution in [3.05, 3.63) is 24.3 Å². The van der Waals surface area contributed by atoms with Crippen molar-refractivity contribution in [3.8, 4) is 0 Å². The lowest BCUT2D eigenvalue weighted by Crippen LogP contribution is -2.22. The molecule has 0 amide bonds. The van der Waals surface area contributed by atoms with Crippen LogP contribution in [0.2, 0.25) is 0 Å². The van der Waals surface area contributed by atoms with Gasteiger partial charge in [-0.25, -0.2) is 0 Å². The van der Waals surface area contributed by atoms with E-state index in [9.17, 15) is 0 Å². The second kappa shape index (κ2) is 8.69. The van der Waals surface area contributed by atoms with E-state index in [0.29, 0.717) is 31.6 Å². The first kappa shape index (κ1) is 9.61. The molecule has 0 aromatic heterocycles. The molecule has 2 heteroatoms. The van der Waals surface area contributed by atoms with E-state index in [1.165, 1.54) is 0 Å². The van der Waals surface area contributed by atoms with Gasteiger partial charge in [-0.15, -0.1) is 0 Å². The molecule has 1 rings (SSSR count). The topological polar surface area (TPSA) is 18.5 Å². The lowest BCUT2D eigenvalue weighted by atomic mass is 10.2. The number of allylic oxidation sites excluding steroid dienone is 3. The highest BCUT2D eigenvalue weighted by Gasteiger charge is 2.12. The van der Waals surface area contributed by atoms with Gasteiger partial charge >= 0.3 is 0 Å². The Bertz CT molecular complexity index is 269. The Balaban J connectivity index is 2.20. The summed E-state index contributed by atoms with van der Waals surface area (Å²) >= 11 is 0. The summed E-state index contributed by atoms with van der Waals surface area (Å²) in [6.07, 6.45) is 7.94. The molecule has 1 fully saturated rings. The van der Waals surface area contributed by atoms with Crippen LogP contribution in [0.4, 0.5) is 0 Å². The van der Waals surface area contributed by atoms with Crippen LogP contribution in [-0.2, 0) is 9.47 Å². The van der Waals surface area contributed by atoms with Gasteiger partial charge in [-0.3, -0.25) is 0 Å². The maximum atomic E-state index is 7.71. The molecule has 1 unspecified atom stereocenters. The van der Waals surface area contributed by atoms with Gasteiger partial charge in [0.1, 0.15) is 0 Å². The van der Waals surface area contributed by atoms with Crippen molar-refractivity contribution in [2.24, 2.45) is 0 Å². The summed E-state index contributed by atoms with van der Waals surface area (Å²) < 4.78 is 26.3. The molecule has 0 aromatic carbocycles. The second-order valence-electron chi connectivity index (χ2n) is 3.54. The number of ether oxygens (including phenoxy) is 2. The van der Waals surface area contributed by atoms with E-state index < -0.39 is 0 Å². The highest BCUT2D eigenvalue weighted by molar-refractivity contribution is 4.91. The third-order valence-corrected chi connectivity index (χ3v) is 2.25. The van der Waals surface area contributed by atoms with Gasteiger partial charge in [-0.2, -0.15) is 0 Å². The molecule has 0 aromatic rings. The third kappa shape index (κ3) is 6.47. The lowest BCUT2D eigenvalue weighted by molar-refractivity contribution is -0.161. The summed E-state index contributed by atoms with van der Waals surface area (Å²) in [5.41, 5.74) is 0. The zero-order valence-electron chi connectivity index (χ0n) is 11.5. The summed E-state index contributed by atoms with van der Waals surface area (Å²) in [4.78, 5) is 0. The molecule has 0 aliphatic carbocycles. The van der Waals surface area contributed by atoms with Crippen LogP contribution in [0.3, 0.4) is 0 Å². The lowest BCUT2D eigenvalue weighted by Gasteiger charge is -2.22. The molecular formula is C13H22O2. The van der Waals surface area contributed by atoms with Gasteiger partial charge in [0.15, 0.2) is 6.29 Å². The molecule has 0 bridgehead atoms. The maximum Gasteiger partial charge on any atom is 0.157 e. The highest BCUT2D eigenvalue weighted by atomic mass is 16.7. The molecule has 0 spiro atoms. The predicted molar refractivity (Wildman–Crippen MR) is 62.7 cm³/mol. The molecule has 15 heavy (non-hydrogen) atoms. The normalized spacial score (nSPS) is 26.1. The van der Waals surface area contributed by atoms with Crippen LogP contribution < -0.4 is 0 Å². The summed E-state index contributed by atoms with van der Waals surface area (Å²) in [6, 6.07) is 0.732. The Morgan fingerprint density at radius 2 is 2.40 bits per heavy atom. The van der Waals surface area contributed by atoms with Gasteiger partial charge in [-0.05, 0) is 39.0 Å². The number of hydrogen-bond donors (Lipinski definition) is 0. The molecule has 0 saturated carbocycles. The summed E-state index contributed by atoms with van der Waals surface area (Å²) in [7, 11) is 0. The minimum absolute atomic E-state index is 0.0960. The van der Waals surface area contributed by atoms with E-state index in [-0.39, 0.29) is 6.29 Å². The molecule has 0 N–H and O–H groups in total. The van der Waals surface area contributed by atoms with Crippen molar-refractivity contribution >= 4 is 0 Å². The quantitative estimate of drug-likeness (QED) is 0.628. The Hall–Kier alpha value is -0.600. The van der Waals surface area contributed by atoms with Crippen molar-refractivity contribution < 1.29 is 12.2 Å². The van der Waals surface area contributed by atoms with Gasteiger partial charge in [0.05, 0.1) is 9.35 Å². The molecule has 1 aliphatic heterocycles. The van der Waals surface area contributed by atoms with Crippen LogP contribution in [0.25, 0.3) is 0 Å². The van der Waals surface area contributed by atoms with Crippen molar-refractivity contribution in [2.45, 2.75) is 45.3 Å². The predicted octanol–water partition coefficient (Wildman–Crippen LogP) is 3.44. The van der Waals surface area contributed by atoms with Crippen LogP contribution in [0.1, 0.15) is 41.8 Å². The Labute approximate surface area is 95.8 Å². The standard InChI is InChI=1S/C13H22O2/c1-2-3-4-5-6-8-11-14-13-10-7-9-12-15-13/h2-3,5-6,13H,4,7-12H2,1H3/b3-2+,6-5-/i5D,6D. The van der Waals surface area contributed by atoms with Crippen LogP contribution in [0, 0.1) is 0 Å². The van der Waals surface area contributed by atoms with Gasteiger partial charge in [0, 0.05) is 6.61 Å². The van der Waals surface area contributed by atoms with Crippen molar-refractivity contribution in [3.63, 3.8) is 0 Å². The van der Waals surface area contributed by atoms with E-state index in [1.54, 1.807) is 0 Å². The average molecular weight is 212 g/mol. The summed E-state index contributed by atoms with van der Waals surface area (Å²) in [6.45, 7) is 3.17. The summed E-state index contributed by atoms with van der Waals surface area (Å²) in [5, 5.41) is 0. The molecule has 1 heterocycles. The largest absolute Gasteiger partial charge is 0.353 e. The minimum atomic E-state index is -0.0960. The first-order valence-corrected chi connectivity index (χ1v) is 5.73. The number of rotatable bonds is 6. The fourth-order valence-corrected chi connectivity index (χ4v) is 1.42. The Morgan fingerprint density at radius 3 is 3.13 bits per heavy atom. The highest BCUT2D eigenvalue weighted by Crippen LogP contribution is 2.13. The van der Waals surface area contributed by atoms with Crippen LogP contribution in [-0.4, -0.2) is 19.5 Å². The van der Waals surface area contributed by atoms with Crippen LogP contribution in [0.5, 0.6) is 0 Å². The average Bonchev–Trinajstić information content (AvgIpc) is 2.37. The molecule has 0 radical (unpaired) electrons.